The van der Waals surface area contributed by atoms with Gasteiger partial charge in [-0.1, -0.05) is 36.4 Å². The highest BCUT2D eigenvalue weighted by Gasteiger charge is 2.31. The van der Waals surface area contributed by atoms with Gasteiger partial charge >= 0.3 is 0 Å². The zero-order valence-corrected chi connectivity index (χ0v) is 12.7. The zero-order valence-electron chi connectivity index (χ0n) is 12.7. The number of rotatable bonds is 3. The average molecular weight is 307 g/mol. The summed E-state index contributed by atoms with van der Waals surface area (Å²) in [6.07, 6.45) is 2.27. The van der Waals surface area contributed by atoms with Crippen molar-refractivity contribution in [3.63, 3.8) is 0 Å². The molecule has 0 radical (unpaired) electrons. The van der Waals surface area contributed by atoms with E-state index in [0.29, 0.717) is 34.5 Å². The second-order valence-electron chi connectivity index (χ2n) is 5.95. The standard InChI is InChI=1S/C19H17NO3/c21-18-13-6-1-2-7-14(13)19(22)17-15(18)8-3-9-16(17)20-11-12-5-4-10-23-12/h1-3,6-9,12,20H,4-5,10-11H2/t12-/m1/s1. The first kappa shape index (κ1) is 14.2. The lowest BCUT2D eigenvalue weighted by molar-refractivity contribution is 0.0979. The van der Waals surface area contributed by atoms with Gasteiger partial charge in [0.25, 0.3) is 0 Å². The molecule has 1 aliphatic heterocycles. The van der Waals surface area contributed by atoms with Crippen LogP contribution in [0.25, 0.3) is 0 Å². The summed E-state index contributed by atoms with van der Waals surface area (Å²) in [6.45, 7) is 1.45. The highest BCUT2D eigenvalue weighted by atomic mass is 16.5. The maximum absolute atomic E-state index is 12.8. The molecule has 2 aromatic carbocycles. The molecule has 4 heteroatoms. The van der Waals surface area contributed by atoms with Crippen molar-refractivity contribution < 1.29 is 14.3 Å². The molecule has 0 aromatic heterocycles. The van der Waals surface area contributed by atoms with Crippen molar-refractivity contribution in [2.75, 3.05) is 18.5 Å². The van der Waals surface area contributed by atoms with Crippen LogP contribution in [0.5, 0.6) is 0 Å². The summed E-state index contributed by atoms with van der Waals surface area (Å²) in [4.78, 5) is 25.5. The molecule has 23 heavy (non-hydrogen) atoms. The van der Waals surface area contributed by atoms with Gasteiger partial charge in [0.1, 0.15) is 0 Å². The normalized spacial score (nSPS) is 19.4. The third-order valence-electron chi connectivity index (χ3n) is 4.50. The van der Waals surface area contributed by atoms with E-state index in [1.807, 2.05) is 12.1 Å². The van der Waals surface area contributed by atoms with Gasteiger partial charge in [0, 0.05) is 35.5 Å². The quantitative estimate of drug-likeness (QED) is 0.808. The lowest BCUT2D eigenvalue weighted by Gasteiger charge is -2.21. The van der Waals surface area contributed by atoms with Crippen molar-refractivity contribution >= 4 is 17.3 Å². The number of carbonyl (C=O) groups excluding carboxylic acids is 2. The molecule has 1 aliphatic carbocycles. The Kier molecular flexibility index (Phi) is 3.46. The van der Waals surface area contributed by atoms with Gasteiger partial charge in [0.2, 0.25) is 0 Å². The maximum atomic E-state index is 12.8. The van der Waals surface area contributed by atoms with Crippen molar-refractivity contribution in [3.8, 4) is 0 Å². The molecule has 0 amide bonds. The average Bonchev–Trinajstić information content (AvgIpc) is 3.11. The number of hydrogen-bond donors (Lipinski definition) is 1. The van der Waals surface area contributed by atoms with E-state index in [9.17, 15) is 9.59 Å². The summed E-state index contributed by atoms with van der Waals surface area (Å²) >= 11 is 0. The van der Waals surface area contributed by atoms with E-state index in [1.54, 1.807) is 30.3 Å². The minimum Gasteiger partial charge on any atom is -0.382 e. The van der Waals surface area contributed by atoms with Gasteiger partial charge in [-0.05, 0) is 18.9 Å². The number of carbonyl (C=O) groups is 2. The Morgan fingerprint density at radius 1 is 0.957 bits per heavy atom. The number of hydrogen-bond acceptors (Lipinski definition) is 4. The van der Waals surface area contributed by atoms with E-state index >= 15 is 0 Å². The molecular weight excluding hydrogens is 290 g/mol. The first-order chi connectivity index (χ1) is 11.3. The van der Waals surface area contributed by atoms with Crippen LogP contribution in [0.2, 0.25) is 0 Å². The minimum atomic E-state index is -0.0920. The topological polar surface area (TPSA) is 55.4 Å². The molecule has 1 saturated heterocycles. The molecule has 4 nitrogen and oxygen atoms in total. The third-order valence-corrected chi connectivity index (χ3v) is 4.50. The van der Waals surface area contributed by atoms with E-state index in [4.69, 9.17) is 4.74 Å². The fourth-order valence-electron chi connectivity index (χ4n) is 3.32. The molecule has 0 unspecified atom stereocenters. The van der Waals surface area contributed by atoms with Crippen molar-refractivity contribution in [2.45, 2.75) is 18.9 Å². The van der Waals surface area contributed by atoms with Gasteiger partial charge in [-0.2, -0.15) is 0 Å². The monoisotopic (exact) mass is 307 g/mol. The minimum absolute atomic E-state index is 0.0871. The Labute approximate surface area is 134 Å². The van der Waals surface area contributed by atoms with Crippen molar-refractivity contribution in [3.05, 3.63) is 64.7 Å². The van der Waals surface area contributed by atoms with Crippen LogP contribution in [0.1, 0.15) is 44.7 Å². The number of benzene rings is 2. The van der Waals surface area contributed by atoms with Crippen molar-refractivity contribution in [2.24, 2.45) is 0 Å². The van der Waals surface area contributed by atoms with E-state index < -0.39 is 0 Å². The van der Waals surface area contributed by atoms with Crippen LogP contribution in [0.4, 0.5) is 5.69 Å². The zero-order chi connectivity index (χ0) is 15.8. The summed E-state index contributed by atoms with van der Waals surface area (Å²) in [5.41, 5.74) is 2.64. The summed E-state index contributed by atoms with van der Waals surface area (Å²) in [5, 5.41) is 3.30. The Morgan fingerprint density at radius 3 is 2.43 bits per heavy atom. The molecule has 2 aliphatic rings. The number of anilines is 1. The molecule has 116 valence electrons. The predicted molar refractivity (Wildman–Crippen MR) is 87.2 cm³/mol. The van der Waals surface area contributed by atoms with Crippen LogP contribution in [-0.4, -0.2) is 30.8 Å². The van der Waals surface area contributed by atoms with Gasteiger partial charge in [-0.3, -0.25) is 9.59 Å². The smallest absolute Gasteiger partial charge is 0.196 e. The first-order valence-corrected chi connectivity index (χ1v) is 7.92. The first-order valence-electron chi connectivity index (χ1n) is 7.92. The Balaban J connectivity index is 1.71. The lowest BCUT2D eigenvalue weighted by Crippen LogP contribution is -2.24. The van der Waals surface area contributed by atoms with Crippen molar-refractivity contribution in [1.82, 2.24) is 0 Å². The summed E-state index contributed by atoms with van der Waals surface area (Å²) in [5.74, 6) is -0.179. The van der Waals surface area contributed by atoms with Crippen molar-refractivity contribution in [1.29, 1.82) is 0 Å². The highest BCUT2D eigenvalue weighted by Crippen LogP contribution is 2.32. The number of ketones is 2. The molecule has 1 N–H and O–H groups in total. The van der Waals surface area contributed by atoms with E-state index in [-0.39, 0.29) is 17.7 Å². The van der Waals surface area contributed by atoms with Crippen LogP contribution >= 0.6 is 0 Å². The van der Waals surface area contributed by atoms with Gasteiger partial charge in [0.05, 0.1) is 11.7 Å². The van der Waals surface area contributed by atoms with Gasteiger partial charge in [-0.25, -0.2) is 0 Å². The molecule has 1 fully saturated rings. The Hall–Kier alpha value is -2.46. The molecule has 0 bridgehead atoms. The lowest BCUT2D eigenvalue weighted by atomic mass is 9.83. The molecule has 0 saturated carbocycles. The highest BCUT2D eigenvalue weighted by molar-refractivity contribution is 6.30. The van der Waals surface area contributed by atoms with Gasteiger partial charge in [0.15, 0.2) is 11.6 Å². The fraction of sp³-hybridized carbons (Fsp3) is 0.263. The summed E-state index contributed by atoms with van der Waals surface area (Å²) < 4.78 is 5.61. The van der Waals surface area contributed by atoms with E-state index in [1.165, 1.54) is 0 Å². The van der Waals surface area contributed by atoms with E-state index in [2.05, 4.69) is 5.32 Å². The Morgan fingerprint density at radius 2 is 1.70 bits per heavy atom. The fourth-order valence-corrected chi connectivity index (χ4v) is 3.32. The number of ether oxygens (including phenoxy) is 1. The molecule has 1 atom stereocenters. The van der Waals surface area contributed by atoms with Crippen LogP contribution in [0.3, 0.4) is 0 Å². The molecular formula is C19H17NO3. The maximum Gasteiger partial charge on any atom is 0.196 e. The van der Waals surface area contributed by atoms with Crippen LogP contribution in [-0.2, 0) is 4.74 Å². The van der Waals surface area contributed by atoms with Crippen LogP contribution in [0, 0.1) is 0 Å². The largest absolute Gasteiger partial charge is 0.382 e. The third kappa shape index (κ3) is 2.35. The number of fused-ring (bicyclic) bond motifs is 2. The van der Waals surface area contributed by atoms with Gasteiger partial charge < -0.3 is 10.1 Å². The molecule has 4 rings (SSSR count). The molecule has 0 spiro atoms. The van der Waals surface area contributed by atoms with E-state index in [0.717, 1.165) is 19.4 Å². The Bertz CT molecular complexity index is 791. The second kappa shape index (κ2) is 5.63. The molecule has 2 aromatic rings. The number of nitrogens with one attached hydrogen (secondary N) is 1. The SMILES string of the molecule is O=C1c2ccccc2C(=O)c2c(NC[C@H]3CCCO3)cccc21. The predicted octanol–water partition coefficient (Wildman–Crippen LogP) is 3.05. The van der Waals surface area contributed by atoms with Gasteiger partial charge in [-0.15, -0.1) is 0 Å². The summed E-state index contributed by atoms with van der Waals surface area (Å²) in [7, 11) is 0. The second-order valence-corrected chi connectivity index (χ2v) is 5.95. The van der Waals surface area contributed by atoms with Crippen LogP contribution in [0.15, 0.2) is 42.5 Å². The molecule has 1 heterocycles. The van der Waals surface area contributed by atoms with Crippen LogP contribution < -0.4 is 5.32 Å². The summed E-state index contributed by atoms with van der Waals surface area (Å²) in [6, 6.07) is 12.4.